The summed E-state index contributed by atoms with van der Waals surface area (Å²) in [5.74, 6) is 0. The zero-order valence-electron chi connectivity index (χ0n) is 8.52. The molecule has 0 atom stereocenters. The van der Waals surface area contributed by atoms with E-state index >= 15 is 0 Å². The molecule has 0 bridgehead atoms. The van der Waals surface area contributed by atoms with Crippen LogP contribution in [0, 0.1) is 6.08 Å². The van der Waals surface area contributed by atoms with E-state index in [-0.39, 0.29) is 0 Å². The first-order valence-corrected chi connectivity index (χ1v) is 5.18. The molecule has 0 nitrogen and oxygen atoms in total. The van der Waals surface area contributed by atoms with E-state index in [1.165, 1.54) is 0 Å². The van der Waals surface area contributed by atoms with Crippen molar-refractivity contribution in [3.8, 4) is 0 Å². The summed E-state index contributed by atoms with van der Waals surface area (Å²) in [5.41, 5.74) is 0. The van der Waals surface area contributed by atoms with Crippen molar-refractivity contribution in [2.75, 3.05) is 0 Å². The summed E-state index contributed by atoms with van der Waals surface area (Å²) in [4.78, 5) is 0. The maximum atomic E-state index is 3.27. The van der Waals surface area contributed by atoms with Crippen LogP contribution in [0.15, 0.2) is 54.7 Å². The first-order valence-electron chi connectivity index (χ1n) is 5.18. The van der Waals surface area contributed by atoms with Crippen LogP contribution in [-0.4, -0.2) is 0 Å². The monoisotopic (exact) mass is 185 g/mol. The Labute approximate surface area is 87.0 Å². The molecule has 1 aliphatic carbocycles. The van der Waals surface area contributed by atoms with Gasteiger partial charge < -0.3 is 0 Å². The Morgan fingerprint density at radius 1 is 0.714 bits per heavy atom. The number of rotatable bonds is 0. The fraction of sp³-hybridized carbons (Fsp3) is 0.286. The molecule has 0 heteroatoms. The molecular weight excluding hydrogens is 168 g/mol. The molecule has 0 heterocycles. The fourth-order valence-electron chi connectivity index (χ4n) is 1.16. The molecule has 0 aromatic rings. The smallest absolute Gasteiger partial charge is 0.0160 e. The average molecular weight is 185 g/mol. The van der Waals surface area contributed by atoms with Crippen molar-refractivity contribution in [2.24, 2.45) is 0 Å². The van der Waals surface area contributed by atoms with E-state index in [0.717, 1.165) is 25.7 Å². The molecule has 0 aliphatic heterocycles. The van der Waals surface area contributed by atoms with E-state index in [4.69, 9.17) is 0 Å². The lowest BCUT2D eigenvalue weighted by Gasteiger charge is -1.87. The molecule has 0 N–H and O–H groups in total. The van der Waals surface area contributed by atoms with Crippen molar-refractivity contribution in [2.45, 2.75) is 25.7 Å². The SMILES string of the molecule is [C]1=C/C/C=C/C=C\C=C\C/C=C/CC/1. The first kappa shape index (κ1) is 10.8. The first-order chi connectivity index (χ1) is 7.00. The van der Waals surface area contributed by atoms with Gasteiger partial charge in [-0.25, -0.2) is 0 Å². The molecule has 1 rings (SSSR count). The van der Waals surface area contributed by atoms with Crippen LogP contribution in [0.1, 0.15) is 25.7 Å². The van der Waals surface area contributed by atoms with Crippen LogP contribution < -0.4 is 0 Å². The van der Waals surface area contributed by atoms with Gasteiger partial charge in [0.25, 0.3) is 0 Å². The summed E-state index contributed by atoms with van der Waals surface area (Å²) < 4.78 is 0. The molecule has 0 amide bonds. The van der Waals surface area contributed by atoms with Crippen LogP contribution in [0.2, 0.25) is 0 Å². The molecule has 0 aromatic carbocycles. The quantitative estimate of drug-likeness (QED) is 0.497. The highest BCUT2D eigenvalue weighted by atomic mass is 13.8. The lowest BCUT2D eigenvalue weighted by atomic mass is 10.2. The van der Waals surface area contributed by atoms with Crippen LogP contribution in [0.4, 0.5) is 0 Å². The lowest BCUT2D eigenvalue weighted by Crippen LogP contribution is -1.67. The third-order valence-electron chi connectivity index (χ3n) is 1.90. The topological polar surface area (TPSA) is 0 Å². The number of hydrogen-bond donors (Lipinski definition) is 0. The van der Waals surface area contributed by atoms with Gasteiger partial charge in [-0.2, -0.15) is 0 Å². The molecule has 1 radical (unpaired) electrons. The highest BCUT2D eigenvalue weighted by Gasteiger charge is 1.78. The van der Waals surface area contributed by atoms with Gasteiger partial charge in [-0.1, -0.05) is 54.7 Å². The van der Waals surface area contributed by atoms with Gasteiger partial charge in [-0.15, -0.1) is 0 Å². The highest BCUT2D eigenvalue weighted by molar-refractivity contribution is 5.12. The van der Waals surface area contributed by atoms with E-state index in [9.17, 15) is 0 Å². The van der Waals surface area contributed by atoms with Crippen LogP contribution in [0.3, 0.4) is 0 Å². The zero-order valence-corrected chi connectivity index (χ0v) is 8.52. The molecule has 0 fully saturated rings. The van der Waals surface area contributed by atoms with Crippen LogP contribution >= 0.6 is 0 Å². The van der Waals surface area contributed by atoms with Gasteiger partial charge in [0.05, 0.1) is 0 Å². The summed E-state index contributed by atoms with van der Waals surface area (Å²) in [6.45, 7) is 0. The van der Waals surface area contributed by atoms with Crippen molar-refractivity contribution in [3.63, 3.8) is 0 Å². The van der Waals surface area contributed by atoms with E-state index in [1.807, 2.05) is 0 Å². The maximum absolute atomic E-state index is 3.27. The molecule has 0 saturated carbocycles. The average Bonchev–Trinajstić information content (AvgIpc) is 2.22. The third kappa shape index (κ3) is 6.24. The molecule has 0 saturated heterocycles. The molecule has 1 aliphatic rings. The Bertz CT molecular complexity index is 234. The predicted octanol–water partition coefficient (Wildman–Crippen LogP) is 4.14. The minimum absolute atomic E-state index is 0.984. The lowest BCUT2D eigenvalue weighted by molar-refractivity contribution is 1.01. The van der Waals surface area contributed by atoms with Crippen LogP contribution in [-0.2, 0) is 0 Å². The third-order valence-corrected chi connectivity index (χ3v) is 1.90. The summed E-state index contributed by atoms with van der Waals surface area (Å²) in [6.07, 6.45) is 26.5. The van der Waals surface area contributed by atoms with Gasteiger partial charge in [0, 0.05) is 0 Å². The van der Waals surface area contributed by atoms with Crippen molar-refractivity contribution in [1.29, 1.82) is 0 Å². The Hall–Kier alpha value is -1.30. The van der Waals surface area contributed by atoms with E-state index in [0.29, 0.717) is 0 Å². The zero-order chi connectivity index (χ0) is 9.90. The van der Waals surface area contributed by atoms with Crippen molar-refractivity contribution in [1.82, 2.24) is 0 Å². The summed E-state index contributed by atoms with van der Waals surface area (Å²) >= 11 is 0. The summed E-state index contributed by atoms with van der Waals surface area (Å²) in [5, 5.41) is 0. The van der Waals surface area contributed by atoms with E-state index in [2.05, 4.69) is 60.8 Å². The van der Waals surface area contributed by atoms with Crippen LogP contribution in [0.25, 0.3) is 0 Å². The largest absolute Gasteiger partial charge is 0.0879 e. The normalized spacial score (nSPS) is 29.7. The number of allylic oxidation sites excluding steroid dienone is 10. The van der Waals surface area contributed by atoms with Gasteiger partial charge >= 0.3 is 0 Å². The minimum Gasteiger partial charge on any atom is -0.0879 e. The van der Waals surface area contributed by atoms with E-state index < -0.39 is 0 Å². The molecule has 0 unspecified atom stereocenters. The Balaban J connectivity index is 2.45. The maximum Gasteiger partial charge on any atom is -0.0160 e. The minimum atomic E-state index is 0.984. The molecule has 14 heavy (non-hydrogen) atoms. The van der Waals surface area contributed by atoms with Crippen molar-refractivity contribution >= 4 is 0 Å². The van der Waals surface area contributed by atoms with Crippen molar-refractivity contribution < 1.29 is 0 Å². The van der Waals surface area contributed by atoms with Gasteiger partial charge in [-0.3, -0.25) is 0 Å². The molecule has 0 spiro atoms. The predicted molar refractivity (Wildman–Crippen MR) is 62.8 cm³/mol. The number of hydrogen-bond acceptors (Lipinski definition) is 0. The molecule has 73 valence electrons. The second kappa shape index (κ2) is 8.31. The van der Waals surface area contributed by atoms with Crippen LogP contribution in [0.5, 0.6) is 0 Å². The summed E-state index contributed by atoms with van der Waals surface area (Å²) in [7, 11) is 0. The second-order valence-electron chi connectivity index (χ2n) is 3.13. The standard InChI is InChI=1S/C14H17/c1-2-4-6-8-10-12-14-13-11-9-7-5-3-1/h1-6,9-11H,7-8,13-14H2/b2-1-,5-3+,6-4+,11-9+,12-10?. The van der Waals surface area contributed by atoms with Crippen molar-refractivity contribution in [3.05, 3.63) is 60.8 Å². The van der Waals surface area contributed by atoms with E-state index in [1.54, 1.807) is 0 Å². The Morgan fingerprint density at radius 2 is 1.50 bits per heavy atom. The highest BCUT2D eigenvalue weighted by Crippen LogP contribution is 1.97. The Morgan fingerprint density at radius 3 is 2.36 bits per heavy atom. The van der Waals surface area contributed by atoms with Gasteiger partial charge in [0.1, 0.15) is 0 Å². The van der Waals surface area contributed by atoms with Gasteiger partial charge in [0.2, 0.25) is 0 Å². The second-order valence-corrected chi connectivity index (χ2v) is 3.13. The molecular formula is C14H17. The fourth-order valence-corrected chi connectivity index (χ4v) is 1.16. The molecule has 0 aromatic heterocycles. The summed E-state index contributed by atoms with van der Waals surface area (Å²) in [6, 6.07) is 0. The van der Waals surface area contributed by atoms with Gasteiger partial charge in [0.15, 0.2) is 0 Å². The Kier molecular flexibility index (Phi) is 6.39. The van der Waals surface area contributed by atoms with Gasteiger partial charge in [-0.05, 0) is 31.8 Å².